The molecule has 9 aromatic carbocycles. The molecule has 0 fully saturated rings. The largest absolute Gasteiger partial charge is 0.311 e. The summed E-state index contributed by atoms with van der Waals surface area (Å²) in [6.07, 6.45) is 4.36. The SMILES string of the molecule is Cc1cccc(N(c2ccc(-c3ccc(C=Cc4ccc(-c5ccc(N(c6ccccc6)c6ccccc6)cc5)cc4)cc3)cc2)c2cccc3ccccc23)c1. The molecule has 0 heterocycles. The van der Waals surface area contributed by atoms with E-state index in [2.05, 4.69) is 253 Å². The molecular weight excluding hydrogens is 689 g/mol. The summed E-state index contributed by atoms with van der Waals surface area (Å²) >= 11 is 0. The van der Waals surface area contributed by atoms with Crippen LogP contribution in [0.5, 0.6) is 0 Å². The Hall–Kier alpha value is -7.42. The van der Waals surface area contributed by atoms with Crippen LogP contribution >= 0.6 is 0 Å². The van der Waals surface area contributed by atoms with Crippen LogP contribution in [0, 0.1) is 6.92 Å². The third-order valence-corrected chi connectivity index (χ3v) is 10.5. The molecule has 0 amide bonds. The molecule has 0 aliphatic heterocycles. The van der Waals surface area contributed by atoms with E-state index < -0.39 is 0 Å². The lowest BCUT2D eigenvalue weighted by molar-refractivity contribution is 1.28. The molecule has 0 aromatic heterocycles. The Morgan fingerprint density at radius 2 is 0.719 bits per heavy atom. The Kier molecular flexibility index (Phi) is 9.99. The van der Waals surface area contributed by atoms with Gasteiger partial charge in [-0.3, -0.25) is 0 Å². The van der Waals surface area contributed by atoms with Crippen molar-refractivity contribution in [3.05, 3.63) is 241 Å². The van der Waals surface area contributed by atoms with Crippen LogP contribution in [0.25, 0.3) is 45.2 Å². The van der Waals surface area contributed by atoms with Crippen molar-refractivity contribution >= 4 is 57.0 Å². The number of benzene rings is 9. The van der Waals surface area contributed by atoms with Gasteiger partial charge in [-0.1, -0.05) is 170 Å². The second-order valence-electron chi connectivity index (χ2n) is 14.4. The van der Waals surface area contributed by atoms with Crippen molar-refractivity contribution in [2.24, 2.45) is 0 Å². The van der Waals surface area contributed by atoms with Crippen molar-refractivity contribution in [3.63, 3.8) is 0 Å². The van der Waals surface area contributed by atoms with Gasteiger partial charge >= 0.3 is 0 Å². The maximum absolute atomic E-state index is 2.36. The first-order valence-corrected chi connectivity index (χ1v) is 19.5. The zero-order chi connectivity index (χ0) is 38.4. The van der Waals surface area contributed by atoms with E-state index in [-0.39, 0.29) is 0 Å². The summed E-state index contributed by atoms with van der Waals surface area (Å²) in [5, 5.41) is 2.46. The standard InChI is InChI=1S/C55H42N2/c1-41-12-10-19-53(40-41)57(55-21-11-14-48-13-8-9-20-54(48)55)52-38-34-47(35-39-52)45-30-26-43(27-31-45)23-22-42-24-28-44(29-25-42)46-32-36-51(37-33-46)56(49-15-4-2-5-16-49)50-17-6-3-7-18-50/h2-40H,1H3. The van der Waals surface area contributed by atoms with Crippen molar-refractivity contribution in [3.8, 4) is 22.3 Å². The number of anilines is 6. The van der Waals surface area contributed by atoms with Crippen LogP contribution in [0.3, 0.4) is 0 Å². The summed E-state index contributed by atoms with van der Waals surface area (Å²) in [6, 6.07) is 80.2. The summed E-state index contributed by atoms with van der Waals surface area (Å²) in [5.41, 5.74) is 15.2. The van der Waals surface area contributed by atoms with Gasteiger partial charge in [0.05, 0.1) is 5.69 Å². The molecule has 0 radical (unpaired) electrons. The maximum Gasteiger partial charge on any atom is 0.0540 e. The van der Waals surface area contributed by atoms with Crippen LogP contribution in [-0.4, -0.2) is 0 Å². The minimum Gasteiger partial charge on any atom is -0.311 e. The third-order valence-electron chi connectivity index (χ3n) is 10.5. The first-order valence-electron chi connectivity index (χ1n) is 19.5. The van der Waals surface area contributed by atoms with E-state index in [1.807, 2.05) is 0 Å². The second kappa shape index (κ2) is 16.1. The fraction of sp³-hybridized carbons (Fsp3) is 0.0182. The molecule has 0 atom stereocenters. The highest BCUT2D eigenvalue weighted by atomic mass is 15.1. The number of fused-ring (bicyclic) bond motifs is 1. The second-order valence-corrected chi connectivity index (χ2v) is 14.4. The molecule has 0 unspecified atom stereocenters. The lowest BCUT2D eigenvalue weighted by Crippen LogP contribution is -2.10. The van der Waals surface area contributed by atoms with E-state index in [0.29, 0.717) is 0 Å². The van der Waals surface area contributed by atoms with Gasteiger partial charge in [0.25, 0.3) is 0 Å². The molecule has 0 bridgehead atoms. The first kappa shape index (κ1) is 35.3. The van der Waals surface area contributed by atoms with Crippen LogP contribution in [0.15, 0.2) is 224 Å². The molecule has 272 valence electrons. The highest BCUT2D eigenvalue weighted by Gasteiger charge is 2.16. The smallest absolute Gasteiger partial charge is 0.0540 e. The fourth-order valence-electron chi connectivity index (χ4n) is 7.57. The Bertz CT molecular complexity index is 2710. The topological polar surface area (TPSA) is 6.48 Å². The van der Waals surface area contributed by atoms with Crippen LogP contribution < -0.4 is 9.80 Å². The van der Waals surface area contributed by atoms with Crippen LogP contribution in [-0.2, 0) is 0 Å². The number of hydrogen-bond donors (Lipinski definition) is 0. The van der Waals surface area contributed by atoms with Gasteiger partial charge in [-0.25, -0.2) is 0 Å². The summed E-state index contributed by atoms with van der Waals surface area (Å²) in [4.78, 5) is 4.65. The Labute approximate surface area is 335 Å². The third kappa shape index (κ3) is 7.76. The van der Waals surface area contributed by atoms with Crippen LogP contribution in [0.1, 0.15) is 16.7 Å². The van der Waals surface area contributed by atoms with Gasteiger partial charge in [-0.2, -0.15) is 0 Å². The maximum atomic E-state index is 2.36. The van der Waals surface area contributed by atoms with Gasteiger partial charge in [0, 0.05) is 33.8 Å². The Morgan fingerprint density at radius 3 is 1.25 bits per heavy atom. The normalized spacial score (nSPS) is 11.2. The molecule has 0 saturated carbocycles. The quantitative estimate of drug-likeness (QED) is 0.129. The molecule has 0 N–H and O–H groups in total. The zero-order valence-electron chi connectivity index (χ0n) is 31.9. The van der Waals surface area contributed by atoms with Crippen molar-refractivity contribution in [2.75, 3.05) is 9.80 Å². The van der Waals surface area contributed by atoms with E-state index >= 15 is 0 Å². The van der Waals surface area contributed by atoms with Crippen molar-refractivity contribution < 1.29 is 0 Å². The van der Waals surface area contributed by atoms with Crippen molar-refractivity contribution in [2.45, 2.75) is 6.92 Å². The molecule has 57 heavy (non-hydrogen) atoms. The molecule has 9 rings (SSSR count). The molecule has 9 aromatic rings. The monoisotopic (exact) mass is 730 g/mol. The van der Waals surface area contributed by atoms with Gasteiger partial charge in [0.15, 0.2) is 0 Å². The minimum atomic E-state index is 1.13. The predicted molar refractivity (Wildman–Crippen MR) is 244 cm³/mol. The number of nitrogens with zero attached hydrogens (tertiary/aromatic N) is 2. The summed E-state index contributed by atoms with van der Waals surface area (Å²) < 4.78 is 0. The molecule has 0 saturated heterocycles. The van der Waals surface area contributed by atoms with Gasteiger partial charge in [0.2, 0.25) is 0 Å². The van der Waals surface area contributed by atoms with Gasteiger partial charge in [-0.05, 0) is 118 Å². The highest BCUT2D eigenvalue weighted by Crippen LogP contribution is 2.40. The van der Waals surface area contributed by atoms with E-state index in [0.717, 1.165) is 34.0 Å². The molecule has 2 nitrogen and oxygen atoms in total. The average molecular weight is 731 g/mol. The molecular formula is C55H42N2. The number of hydrogen-bond acceptors (Lipinski definition) is 2. The highest BCUT2D eigenvalue weighted by molar-refractivity contribution is 5.99. The van der Waals surface area contributed by atoms with E-state index in [1.54, 1.807) is 0 Å². The fourth-order valence-corrected chi connectivity index (χ4v) is 7.57. The number of rotatable bonds is 10. The zero-order valence-corrected chi connectivity index (χ0v) is 31.9. The Morgan fingerprint density at radius 1 is 0.316 bits per heavy atom. The summed E-state index contributed by atoms with van der Waals surface area (Å²) in [5.74, 6) is 0. The van der Waals surface area contributed by atoms with Gasteiger partial charge < -0.3 is 9.80 Å². The summed E-state index contributed by atoms with van der Waals surface area (Å²) in [6.45, 7) is 2.15. The van der Waals surface area contributed by atoms with E-state index in [4.69, 9.17) is 0 Å². The van der Waals surface area contributed by atoms with Gasteiger partial charge in [0.1, 0.15) is 0 Å². The van der Waals surface area contributed by atoms with E-state index in [1.165, 1.54) is 49.8 Å². The molecule has 2 heteroatoms. The summed E-state index contributed by atoms with van der Waals surface area (Å²) in [7, 11) is 0. The Balaban J connectivity index is 0.893. The lowest BCUT2D eigenvalue weighted by Gasteiger charge is -2.27. The van der Waals surface area contributed by atoms with Crippen molar-refractivity contribution in [1.29, 1.82) is 0 Å². The minimum absolute atomic E-state index is 1.13. The number of para-hydroxylation sites is 2. The van der Waals surface area contributed by atoms with Crippen LogP contribution in [0.4, 0.5) is 34.1 Å². The van der Waals surface area contributed by atoms with E-state index in [9.17, 15) is 0 Å². The lowest BCUT2D eigenvalue weighted by atomic mass is 10.0. The molecule has 0 aliphatic carbocycles. The number of aryl methyl sites for hydroxylation is 1. The average Bonchev–Trinajstić information content (AvgIpc) is 3.28. The molecule has 0 aliphatic rings. The van der Waals surface area contributed by atoms with Crippen molar-refractivity contribution in [1.82, 2.24) is 0 Å². The first-order chi connectivity index (χ1) is 28.2. The van der Waals surface area contributed by atoms with Gasteiger partial charge in [-0.15, -0.1) is 0 Å². The van der Waals surface area contributed by atoms with Crippen LogP contribution in [0.2, 0.25) is 0 Å². The predicted octanol–water partition coefficient (Wildman–Crippen LogP) is 15.6. The molecule has 0 spiro atoms.